The van der Waals surface area contributed by atoms with Crippen LogP contribution in [0.1, 0.15) is 99.6 Å². The third-order valence-corrected chi connectivity index (χ3v) is 10.4. The highest BCUT2D eigenvalue weighted by molar-refractivity contribution is 7.99. The SMILES string of the molecule is CCC(C)(C)c1ccc(OCCCCNC(=O)C2CSC(c3ccccc3)N2C(=O)c2ccccc2)c(C(C)(C)CC)c1. The van der Waals surface area contributed by atoms with Crippen molar-refractivity contribution in [2.45, 2.75) is 89.5 Å². The molecule has 1 aliphatic heterocycles. The van der Waals surface area contributed by atoms with E-state index in [2.05, 4.69) is 65.1 Å². The molecule has 2 unspecified atom stereocenters. The molecular weight excluding hydrogens is 552 g/mol. The van der Waals surface area contributed by atoms with Gasteiger partial charge in [0.2, 0.25) is 5.91 Å². The van der Waals surface area contributed by atoms with E-state index in [1.54, 1.807) is 16.7 Å². The highest BCUT2D eigenvalue weighted by Gasteiger charge is 2.42. The first-order valence-electron chi connectivity index (χ1n) is 15.7. The van der Waals surface area contributed by atoms with Gasteiger partial charge < -0.3 is 15.0 Å². The molecule has 0 aliphatic carbocycles. The van der Waals surface area contributed by atoms with Crippen LogP contribution in [0.5, 0.6) is 5.75 Å². The molecule has 4 rings (SSSR count). The van der Waals surface area contributed by atoms with E-state index in [0.717, 1.165) is 37.0 Å². The lowest BCUT2D eigenvalue weighted by molar-refractivity contribution is -0.124. The number of amides is 2. The minimum absolute atomic E-state index is 0.0170. The molecule has 6 heteroatoms. The zero-order chi connectivity index (χ0) is 31.0. The summed E-state index contributed by atoms with van der Waals surface area (Å²) in [7, 11) is 0. The Morgan fingerprint density at radius 3 is 2.19 bits per heavy atom. The molecule has 5 nitrogen and oxygen atoms in total. The maximum atomic E-state index is 13.6. The van der Waals surface area contributed by atoms with Gasteiger partial charge in [0.15, 0.2) is 0 Å². The Kier molecular flexibility index (Phi) is 11.0. The number of ether oxygens (including phenoxy) is 1. The van der Waals surface area contributed by atoms with E-state index in [-0.39, 0.29) is 28.0 Å². The molecule has 0 radical (unpaired) electrons. The van der Waals surface area contributed by atoms with Gasteiger partial charge in [-0.2, -0.15) is 0 Å². The van der Waals surface area contributed by atoms with Crippen LogP contribution >= 0.6 is 11.8 Å². The molecule has 0 spiro atoms. The molecular formula is C37H48N2O3S. The fourth-order valence-corrected chi connectivity index (χ4v) is 6.73. The van der Waals surface area contributed by atoms with E-state index < -0.39 is 6.04 Å². The van der Waals surface area contributed by atoms with Crippen molar-refractivity contribution in [3.8, 4) is 5.75 Å². The van der Waals surface area contributed by atoms with Gasteiger partial charge in [-0.1, -0.05) is 102 Å². The van der Waals surface area contributed by atoms with Crippen molar-refractivity contribution in [1.29, 1.82) is 0 Å². The van der Waals surface area contributed by atoms with Gasteiger partial charge in [0.05, 0.1) is 6.61 Å². The highest BCUT2D eigenvalue weighted by atomic mass is 32.2. The largest absolute Gasteiger partial charge is 0.493 e. The summed E-state index contributed by atoms with van der Waals surface area (Å²) in [6, 6.07) is 25.4. The van der Waals surface area contributed by atoms with Crippen LogP contribution in [0.25, 0.3) is 0 Å². The number of carbonyl (C=O) groups excluding carboxylic acids is 2. The summed E-state index contributed by atoms with van der Waals surface area (Å²) in [6.07, 6.45) is 3.73. The Hall–Kier alpha value is -3.25. The van der Waals surface area contributed by atoms with Crippen LogP contribution in [0.2, 0.25) is 0 Å². The van der Waals surface area contributed by atoms with Gasteiger partial charge in [0.25, 0.3) is 5.91 Å². The first-order valence-corrected chi connectivity index (χ1v) is 16.7. The Balaban J connectivity index is 1.35. The van der Waals surface area contributed by atoms with Crippen molar-refractivity contribution in [3.05, 3.63) is 101 Å². The molecule has 1 heterocycles. The van der Waals surface area contributed by atoms with E-state index in [9.17, 15) is 9.59 Å². The number of nitrogens with zero attached hydrogens (tertiary/aromatic N) is 1. The predicted molar refractivity (Wildman–Crippen MR) is 179 cm³/mol. The topological polar surface area (TPSA) is 58.6 Å². The number of nitrogens with one attached hydrogen (secondary N) is 1. The highest BCUT2D eigenvalue weighted by Crippen LogP contribution is 2.42. The molecule has 230 valence electrons. The van der Waals surface area contributed by atoms with E-state index in [1.807, 2.05) is 60.7 Å². The zero-order valence-corrected chi connectivity index (χ0v) is 27.5. The Labute approximate surface area is 262 Å². The van der Waals surface area contributed by atoms with E-state index in [4.69, 9.17) is 4.74 Å². The Morgan fingerprint density at radius 1 is 0.884 bits per heavy atom. The maximum Gasteiger partial charge on any atom is 0.255 e. The van der Waals surface area contributed by atoms with Crippen LogP contribution in [0.4, 0.5) is 0 Å². The molecule has 2 atom stereocenters. The summed E-state index contributed by atoms with van der Waals surface area (Å²) in [6.45, 7) is 14.7. The zero-order valence-electron chi connectivity index (χ0n) is 26.7. The monoisotopic (exact) mass is 600 g/mol. The summed E-state index contributed by atoms with van der Waals surface area (Å²) in [5.41, 5.74) is 4.37. The van der Waals surface area contributed by atoms with Gasteiger partial charge in [-0.15, -0.1) is 11.8 Å². The molecule has 1 saturated heterocycles. The van der Waals surface area contributed by atoms with Crippen molar-refractivity contribution in [3.63, 3.8) is 0 Å². The number of hydrogen-bond acceptors (Lipinski definition) is 4. The standard InChI is InChI=1S/C37H48N2O3S/c1-7-36(3,4)29-21-22-32(30(25-29)37(5,6)8-2)42-24-16-15-23-38-33(40)31-26-43-35(28-19-13-10-14-20-28)39(31)34(41)27-17-11-9-12-18-27/h9-14,17-22,25,31,35H,7-8,15-16,23-24,26H2,1-6H3,(H,38,40). The summed E-state index contributed by atoms with van der Waals surface area (Å²) in [5.74, 6) is 1.30. The maximum absolute atomic E-state index is 13.6. The lowest BCUT2D eigenvalue weighted by Crippen LogP contribution is -2.48. The predicted octanol–water partition coefficient (Wildman–Crippen LogP) is 8.29. The lowest BCUT2D eigenvalue weighted by Gasteiger charge is -2.30. The van der Waals surface area contributed by atoms with Crippen molar-refractivity contribution >= 4 is 23.6 Å². The average Bonchev–Trinajstić information content (AvgIpc) is 3.48. The number of rotatable bonds is 13. The van der Waals surface area contributed by atoms with Crippen molar-refractivity contribution in [2.24, 2.45) is 0 Å². The van der Waals surface area contributed by atoms with Crippen molar-refractivity contribution in [1.82, 2.24) is 10.2 Å². The molecule has 1 N–H and O–H groups in total. The number of carbonyl (C=O) groups is 2. The lowest BCUT2D eigenvalue weighted by atomic mass is 9.76. The third kappa shape index (κ3) is 7.83. The molecule has 3 aromatic rings. The van der Waals surface area contributed by atoms with Crippen LogP contribution in [-0.4, -0.2) is 41.7 Å². The molecule has 1 fully saturated rings. The second-order valence-corrected chi connectivity index (χ2v) is 13.8. The first kappa shape index (κ1) is 32.7. The van der Waals surface area contributed by atoms with Gasteiger partial charge in [-0.3, -0.25) is 9.59 Å². The van der Waals surface area contributed by atoms with E-state index in [1.165, 1.54) is 11.1 Å². The van der Waals surface area contributed by atoms with E-state index in [0.29, 0.717) is 24.5 Å². The van der Waals surface area contributed by atoms with Gasteiger partial charge in [0.1, 0.15) is 17.2 Å². The van der Waals surface area contributed by atoms with Gasteiger partial charge >= 0.3 is 0 Å². The number of unbranched alkanes of at least 4 members (excludes halogenated alkanes) is 1. The summed E-state index contributed by atoms with van der Waals surface area (Å²) >= 11 is 1.64. The fourth-order valence-electron chi connectivity index (χ4n) is 5.30. The quantitative estimate of drug-likeness (QED) is 0.201. The number of thioether (sulfide) groups is 1. The smallest absolute Gasteiger partial charge is 0.255 e. The molecule has 0 aromatic heterocycles. The first-order chi connectivity index (χ1) is 20.6. The van der Waals surface area contributed by atoms with Gasteiger partial charge in [0, 0.05) is 23.4 Å². The number of hydrogen-bond donors (Lipinski definition) is 1. The summed E-state index contributed by atoms with van der Waals surface area (Å²) < 4.78 is 6.33. The average molecular weight is 601 g/mol. The summed E-state index contributed by atoms with van der Waals surface area (Å²) in [4.78, 5) is 28.8. The Bertz CT molecular complexity index is 1360. The molecule has 0 saturated carbocycles. The van der Waals surface area contributed by atoms with Gasteiger partial charge in [-0.05, 0) is 65.8 Å². The second-order valence-electron chi connectivity index (χ2n) is 12.7. The van der Waals surface area contributed by atoms with Crippen molar-refractivity contribution in [2.75, 3.05) is 18.9 Å². The fraction of sp³-hybridized carbons (Fsp3) is 0.459. The van der Waals surface area contributed by atoms with Crippen LogP contribution < -0.4 is 10.1 Å². The molecule has 2 amide bonds. The van der Waals surface area contributed by atoms with Crippen LogP contribution in [0, 0.1) is 0 Å². The van der Waals surface area contributed by atoms with E-state index >= 15 is 0 Å². The Morgan fingerprint density at radius 2 is 1.53 bits per heavy atom. The van der Waals surface area contributed by atoms with Crippen LogP contribution in [0.15, 0.2) is 78.9 Å². The molecule has 43 heavy (non-hydrogen) atoms. The molecule has 3 aromatic carbocycles. The van der Waals surface area contributed by atoms with Gasteiger partial charge in [-0.25, -0.2) is 0 Å². The minimum Gasteiger partial charge on any atom is -0.493 e. The normalized spacial score (nSPS) is 17.1. The second kappa shape index (κ2) is 14.5. The number of benzene rings is 3. The minimum atomic E-state index is -0.524. The van der Waals surface area contributed by atoms with Crippen LogP contribution in [-0.2, 0) is 15.6 Å². The summed E-state index contributed by atoms with van der Waals surface area (Å²) in [5, 5.41) is 2.91. The molecule has 0 bridgehead atoms. The molecule has 1 aliphatic rings. The third-order valence-electron chi connectivity index (χ3n) is 9.03. The van der Waals surface area contributed by atoms with Crippen molar-refractivity contribution < 1.29 is 14.3 Å². The van der Waals surface area contributed by atoms with Crippen LogP contribution in [0.3, 0.4) is 0 Å².